The van der Waals surface area contributed by atoms with Crippen LogP contribution in [0.3, 0.4) is 0 Å². The van der Waals surface area contributed by atoms with E-state index in [0.717, 1.165) is 0 Å². The van der Waals surface area contributed by atoms with Crippen molar-refractivity contribution in [2.75, 3.05) is 14.2 Å². The standard InChI is InChI=1S/C11H12BrN3O3/c1-17-8-5-3-7(4-6-8)10(14-15-13)9(12)11(16)18-2/h3-6,9-10H,1-2H3/t9-,10-/m1/s1. The maximum absolute atomic E-state index is 11.4. The quantitative estimate of drug-likeness (QED) is 0.275. The molecule has 0 aliphatic heterocycles. The summed E-state index contributed by atoms with van der Waals surface area (Å²) in [6.07, 6.45) is 0. The van der Waals surface area contributed by atoms with Gasteiger partial charge in [-0.1, -0.05) is 33.2 Å². The van der Waals surface area contributed by atoms with Crippen molar-refractivity contribution in [3.05, 3.63) is 40.3 Å². The van der Waals surface area contributed by atoms with Gasteiger partial charge in [-0.3, -0.25) is 4.79 Å². The molecule has 0 aliphatic rings. The number of methoxy groups -OCH3 is 2. The van der Waals surface area contributed by atoms with Crippen LogP contribution in [-0.2, 0) is 9.53 Å². The smallest absolute Gasteiger partial charge is 0.320 e. The Morgan fingerprint density at radius 1 is 1.39 bits per heavy atom. The summed E-state index contributed by atoms with van der Waals surface area (Å²) in [7, 11) is 2.83. The van der Waals surface area contributed by atoms with Gasteiger partial charge in [-0.15, -0.1) is 0 Å². The topological polar surface area (TPSA) is 84.3 Å². The highest BCUT2D eigenvalue weighted by molar-refractivity contribution is 9.10. The van der Waals surface area contributed by atoms with Crippen molar-refractivity contribution < 1.29 is 14.3 Å². The normalized spacial score (nSPS) is 13.1. The Kier molecular flexibility index (Phi) is 5.48. The predicted molar refractivity (Wildman–Crippen MR) is 69.6 cm³/mol. The lowest BCUT2D eigenvalue weighted by molar-refractivity contribution is -0.140. The molecule has 0 bridgehead atoms. The number of carbonyl (C=O) groups is 1. The van der Waals surface area contributed by atoms with Crippen molar-refractivity contribution in [2.24, 2.45) is 5.11 Å². The SMILES string of the molecule is COC(=O)[C@H](Br)[C@H](N=[N+]=[N-])c1ccc(OC)cc1. The number of benzene rings is 1. The molecule has 0 radical (unpaired) electrons. The van der Waals surface area contributed by atoms with Crippen LogP contribution in [0.25, 0.3) is 10.4 Å². The first-order valence-corrected chi connectivity index (χ1v) is 5.95. The minimum absolute atomic E-state index is 0.497. The van der Waals surface area contributed by atoms with Crippen LogP contribution in [0.15, 0.2) is 29.4 Å². The summed E-state index contributed by atoms with van der Waals surface area (Å²) in [6.45, 7) is 0. The number of alkyl halides is 1. The summed E-state index contributed by atoms with van der Waals surface area (Å²) >= 11 is 3.17. The Labute approximate surface area is 113 Å². The van der Waals surface area contributed by atoms with Gasteiger partial charge in [0.25, 0.3) is 0 Å². The second kappa shape index (κ2) is 6.88. The summed E-state index contributed by atoms with van der Waals surface area (Å²) in [5.74, 6) is 0.186. The van der Waals surface area contributed by atoms with E-state index in [0.29, 0.717) is 11.3 Å². The summed E-state index contributed by atoms with van der Waals surface area (Å²) < 4.78 is 9.64. The zero-order valence-electron chi connectivity index (χ0n) is 9.91. The van der Waals surface area contributed by atoms with Crippen molar-refractivity contribution >= 4 is 21.9 Å². The van der Waals surface area contributed by atoms with Crippen LogP contribution in [-0.4, -0.2) is 25.0 Å². The van der Waals surface area contributed by atoms with E-state index < -0.39 is 16.8 Å². The van der Waals surface area contributed by atoms with E-state index in [1.54, 1.807) is 31.4 Å². The van der Waals surface area contributed by atoms with E-state index in [1.165, 1.54) is 7.11 Å². The molecule has 6 nitrogen and oxygen atoms in total. The van der Waals surface area contributed by atoms with Gasteiger partial charge in [-0.2, -0.15) is 0 Å². The van der Waals surface area contributed by atoms with Gasteiger partial charge in [0.15, 0.2) is 0 Å². The molecule has 7 heteroatoms. The van der Waals surface area contributed by atoms with Gasteiger partial charge in [0.05, 0.1) is 20.3 Å². The number of carbonyl (C=O) groups excluding carboxylic acids is 1. The molecule has 0 spiro atoms. The lowest BCUT2D eigenvalue weighted by Gasteiger charge is -2.16. The van der Waals surface area contributed by atoms with Crippen LogP contribution < -0.4 is 4.74 Å². The molecule has 0 amide bonds. The first kappa shape index (κ1) is 14.3. The van der Waals surface area contributed by atoms with Gasteiger partial charge in [0.1, 0.15) is 10.6 Å². The Morgan fingerprint density at radius 3 is 2.44 bits per heavy atom. The van der Waals surface area contributed by atoms with Gasteiger partial charge >= 0.3 is 5.97 Å². The minimum Gasteiger partial charge on any atom is -0.497 e. The Hall–Kier alpha value is -1.72. The fraction of sp³-hybridized carbons (Fsp3) is 0.364. The molecule has 0 fully saturated rings. The first-order valence-electron chi connectivity index (χ1n) is 5.04. The second-order valence-corrected chi connectivity index (χ2v) is 4.33. The largest absolute Gasteiger partial charge is 0.497 e. The summed E-state index contributed by atoms with van der Waals surface area (Å²) in [5.41, 5.74) is 9.26. The van der Waals surface area contributed by atoms with Gasteiger partial charge in [0, 0.05) is 4.91 Å². The summed E-state index contributed by atoms with van der Waals surface area (Å²) in [6, 6.07) is 6.25. The average Bonchev–Trinajstić information content (AvgIpc) is 2.43. The molecule has 0 aromatic heterocycles. The first-order chi connectivity index (χ1) is 8.63. The predicted octanol–water partition coefficient (Wildman–Crippen LogP) is 2.98. The number of hydrogen-bond donors (Lipinski definition) is 0. The van der Waals surface area contributed by atoms with Crippen LogP contribution in [0.2, 0.25) is 0 Å². The number of esters is 1. The van der Waals surface area contributed by atoms with Crippen LogP contribution in [0.4, 0.5) is 0 Å². The average molecular weight is 314 g/mol. The number of azide groups is 1. The van der Waals surface area contributed by atoms with Gasteiger partial charge in [-0.05, 0) is 23.2 Å². The third-order valence-electron chi connectivity index (χ3n) is 2.34. The molecule has 0 heterocycles. The molecule has 0 unspecified atom stereocenters. The Morgan fingerprint density at radius 2 is 2.00 bits per heavy atom. The van der Waals surface area contributed by atoms with E-state index >= 15 is 0 Å². The number of rotatable bonds is 5. The van der Waals surface area contributed by atoms with E-state index in [2.05, 4.69) is 30.7 Å². The van der Waals surface area contributed by atoms with E-state index in [-0.39, 0.29) is 0 Å². The van der Waals surface area contributed by atoms with Crippen LogP contribution in [0, 0.1) is 0 Å². The number of ether oxygens (including phenoxy) is 2. The van der Waals surface area contributed by atoms with Crippen LogP contribution in [0.1, 0.15) is 11.6 Å². The zero-order valence-corrected chi connectivity index (χ0v) is 11.5. The van der Waals surface area contributed by atoms with Crippen molar-refractivity contribution in [1.82, 2.24) is 0 Å². The molecular weight excluding hydrogens is 302 g/mol. The molecule has 1 rings (SSSR count). The zero-order chi connectivity index (χ0) is 13.5. The molecule has 0 saturated heterocycles. The highest BCUT2D eigenvalue weighted by Crippen LogP contribution is 2.29. The fourth-order valence-electron chi connectivity index (χ4n) is 1.39. The maximum atomic E-state index is 11.4. The number of nitrogens with zero attached hydrogens (tertiary/aromatic N) is 3. The molecular formula is C11H12BrN3O3. The third-order valence-corrected chi connectivity index (χ3v) is 3.21. The highest BCUT2D eigenvalue weighted by Gasteiger charge is 2.27. The molecule has 1 aromatic rings. The number of halogens is 1. The molecule has 18 heavy (non-hydrogen) atoms. The second-order valence-electron chi connectivity index (χ2n) is 3.35. The fourth-order valence-corrected chi connectivity index (χ4v) is 1.99. The summed E-state index contributed by atoms with van der Waals surface area (Å²) in [5, 5.41) is 3.61. The lowest BCUT2D eigenvalue weighted by atomic mass is 10.0. The molecule has 0 aliphatic carbocycles. The summed E-state index contributed by atoms with van der Waals surface area (Å²) in [4.78, 5) is 13.5. The monoisotopic (exact) mass is 313 g/mol. The van der Waals surface area contributed by atoms with Crippen molar-refractivity contribution in [3.8, 4) is 5.75 Å². The Bertz CT molecular complexity index is 457. The van der Waals surface area contributed by atoms with Crippen LogP contribution in [0.5, 0.6) is 5.75 Å². The molecule has 96 valence electrons. The highest BCUT2D eigenvalue weighted by atomic mass is 79.9. The van der Waals surface area contributed by atoms with E-state index in [1.807, 2.05) is 0 Å². The lowest BCUT2D eigenvalue weighted by Crippen LogP contribution is -2.22. The van der Waals surface area contributed by atoms with E-state index in [4.69, 9.17) is 10.3 Å². The third kappa shape index (κ3) is 3.38. The molecule has 0 saturated carbocycles. The van der Waals surface area contributed by atoms with Gasteiger partial charge < -0.3 is 9.47 Å². The van der Waals surface area contributed by atoms with Gasteiger partial charge in [-0.25, -0.2) is 0 Å². The molecule has 0 N–H and O–H groups in total. The van der Waals surface area contributed by atoms with Gasteiger partial charge in [0.2, 0.25) is 0 Å². The van der Waals surface area contributed by atoms with Crippen LogP contribution >= 0.6 is 15.9 Å². The molecule has 2 atom stereocenters. The molecule has 1 aromatic carbocycles. The minimum atomic E-state index is -0.730. The van der Waals surface area contributed by atoms with E-state index in [9.17, 15) is 4.79 Å². The van der Waals surface area contributed by atoms with Crippen molar-refractivity contribution in [1.29, 1.82) is 0 Å². The maximum Gasteiger partial charge on any atom is 0.320 e. The van der Waals surface area contributed by atoms with Crippen molar-refractivity contribution in [2.45, 2.75) is 10.9 Å². The Balaban J connectivity index is 3.03. The number of hydrogen-bond acceptors (Lipinski definition) is 4. The van der Waals surface area contributed by atoms with Crippen molar-refractivity contribution in [3.63, 3.8) is 0 Å².